The van der Waals surface area contributed by atoms with Crippen LogP contribution in [0.5, 0.6) is 0 Å². The van der Waals surface area contributed by atoms with Crippen LogP contribution in [-0.4, -0.2) is 32.3 Å². The van der Waals surface area contributed by atoms with E-state index in [4.69, 9.17) is 15.3 Å². The molecule has 0 saturated carbocycles. The molecule has 0 fully saturated rings. The van der Waals surface area contributed by atoms with E-state index in [-0.39, 0.29) is 5.56 Å². The van der Waals surface area contributed by atoms with Crippen LogP contribution in [0.25, 0.3) is 0 Å². The Labute approximate surface area is 87.3 Å². The smallest absolute Gasteiger partial charge is 0.325 e. The Morgan fingerprint density at radius 2 is 2.07 bits per heavy atom. The standard InChI is InChI=1S/C7H7BrN2O4/c8-5-1-4(2-9-3-5)6(11)10-7(12,13)14/h1-3,12-14H,(H,10,11). The van der Waals surface area contributed by atoms with Gasteiger partial charge in [0, 0.05) is 16.9 Å². The predicted octanol–water partition coefficient (Wildman–Crippen LogP) is -0.838. The summed E-state index contributed by atoms with van der Waals surface area (Å²) in [6.07, 6.45) is -0.550. The molecule has 0 spiro atoms. The first-order valence-corrected chi connectivity index (χ1v) is 4.28. The number of aliphatic hydroxyl groups is 3. The number of pyridine rings is 1. The van der Waals surface area contributed by atoms with Gasteiger partial charge in [-0.3, -0.25) is 15.1 Å². The SMILES string of the molecule is O=C(NC(O)(O)O)c1cncc(Br)c1. The van der Waals surface area contributed by atoms with Gasteiger partial charge in [0.1, 0.15) is 0 Å². The molecule has 0 radical (unpaired) electrons. The number of rotatable bonds is 2. The number of aromatic nitrogens is 1. The second kappa shape index (κ2) is 4.01. The summed E-state index contributed by atoms with van der Waals surface area (Å²) in [5, 5.41) is 26.9. The molecule has 1 aromatic rings. The summed E-state index contributed by atoms with van der Waals surface area (Å²) in [4.78, 5) is 14.8. The van der Waals surface area contributed by atoms with Crippen molar-refractivity contribution in [2.24, 2.45) is 0 Å². The van der Waals surface area contributed by atoms with Crippen LogP contribution in [0, 0.1) is 0 Å². The van der Waals surface area contributed by atoms with Crippen molar-refractivity contribution >= 4 is 21.8 Å². The van der Waals surface area contributed by atoms with Crippen LogP contribution in [0.15, 0.2) is 22.9 Å². The molecule has 4 N–H and O–H groups in total. The highest BCUT2D eigenvalue weighted by Gasteiger charge is 2.22. The second-order valence-electron chi connectivity index (χ2n) is 2.48. The molecule has 0 atom stereocenters. The summed E-state index contributed by atoms with van der Waals surface area (Å²) in [5.41, 5.74) is 0.0842. The second-order valence-corrected chi connectivity index (χ2v) is 3.40. The quantitative estimate of drug-likeness (QED) is 0.521. The average molecular weight is 263 g/mol. The maximum Gasteiger partial charge on any atom is 0.369 e. The van der Waals surface area contributed by atoms with Crippen molar-refractivity contribution in [1.29, 1.82) is 0 Å². The Morgan fingerprint density at radius 1 is 1.43 bits per heavy atom. The molecule has 0 bridgehead atoms. The minimum absolute atomic E-state index is 0.0842. The lowest BCUT2D eigenvalue weighted by Crippen LogP contribution is -2.48. The fourth-order valence-corrected chi connectivity index (χ4v) is 1.13. The number of hydrogen-bond donors (Lipinski definition) is 4. The third-order valence-electron chi connectivity index (χ3n) is 1.25. The zero-order valence-electron chi connectivity index (χ0n) is 6.81. The van der Waals surface area contributed by atoms with E-state index in [0.29, 0.717) is 4.47 Å². The van der Waals surface area contributed by atoms with Crippen molar-refractivity contribution in [3.8, 4) is 0 Å². The Kier molecular flexibility index (Phi) is 3.17. The van der Waals surface area contributed by atoms with Crippen LogP contribution < -0.4 is 5.32 Å². The molecule has 1 rings (SSSR count). The maximum absolute atomic E-state index is 11.2. The van der Waals surface area contributed by atoms with E-state index >= 15 is 0 Å². The maximum atomic E-state index is 11.2. The summed E-state index contributed by atoms with van der Waals surface area (Å²) in [6.45, 7) is 0. The van der Waals surface area contributed by atoms with Crippen LogP contribution >= 0.6 is 15.9 Å². The molecule has 0 saturated heterocycles. The van der Waals surface area contributed by atoms with Crippen molar-refractivity contribution < 1.29 is 20.1 Å². The topological polar surface area (TPSA) is 103 Å². The van der Waals surface area contributed by atoms with Gasteiger partial charge in [-0.25, -0.2) is 0 Å². The van der Waals surface area contributed by atoms with E-state index < -0.39 is 12.0 Å². The molecule has 0 aliphatic carbocycles. The first-order valence-electron chi connectivity index (χ1n) is 3.49. The highest BCUT2D eigenvalue weighted by atomic mass is 79.9. The van der Waals surface area contributed by atoms with E-state index in [1.807, 2.05) is 0 Å². The first kappa shape index (κ1) is 11.1. The molecule has 14 heavy (non-hydrogen) atoms. The van der Waals surface area contributed by atoms with Crippen molar-refractivity contribution in [3.05, 3.63) is 28.5 Å². The number of halogens is 1. The molecular weight excluding hydrogens is 256 g/mol. The Hall–Kier alpha value is -1.02. The van der Waals surface area contributed by atoms with Gasteiger partial charge >= 0.3 is 6.10 Å². The summed E-state index contributed by atoms with van der Waals surface area (Å²) in [6, 6.07) is 1.41. The van der Waals surface area contributed by atoms with Crippen molar-refractivity contribution in [2.45, 2.75) is 6.10 Å². The third-order valence-corrected chi connectivity index (χ3v) is 1.68. The Bertz CT molecular complexity index is 350. The first-order chi connectivity index (χ1) is 6.38. The number of amides is 1. The van der Waals surface area contributed by atoms with Crippen molar-refractivity contribution in [2.75, 3.05) is 0 Å². The van der Waals surface area contributed by atoms with E-state index in [0.717, 1.165) is 0 Å². The molecule has 1 aromatic heterocycles. The monoisotopic (exact) mass is 262 g/mol. The lowest BCUT2D eigenvalue weighted by Gasteiger charge is -2.14. The van der Waals surface area contributed by atoms with Crippen LogP contribution in [0.1, 0.15) is 10.4 Å². The minimum atomic E-state index is -3.22. The highest BCUT2D eigenvalue weighted by molar-refractivity contribution is 9.10. The van der Waals surface area contributed by atoms with Gasteiger partial charge in [-0.15, -0.1) is 0 Å². The highest BCUT2D eigenvalue weighted by Crippen LogP contribution is 2.09. The van der Waals surface area contributed by atoms with Crippen LogP contribution in [-0.2, 0) is 0 Å². The van der Waals surface area contributed by atoms with E-state index in [1.165, 1.54) is 23.8 Å². The average Bonchev–Trinajstić information content (AvgIpc) is 2.01. The molecule has 0 aliphatic heterocycles. The normalized spacial score (nSPS) is 11.1. The molecule has 76 valence electrons. The zero-order valence-corrected chi connectivity index (χ0v) is 8.39. The van der Waals surface area contributed by atoms with Crippen LogP contribution in [0.3, 0.4) is 0 Å². The molecule has 0 unspecified atom stereocenters. The van der Waals surface area contributed by atoms with Gasteiger partial charge in [-0.2, -0.15) is 0 Å². The van der Waals surface area contributed by atoms with Gasteiger partial charge in [0.05, 0.1) is 5.56 Å². The Balaban J connectivity index is 2.80. The summed E-state index contributed by atoms with van der Waals surface area (Å²) < 4.78 is 0.560. The predicted molar refractivity (Wildman–Crippen MR) is 48.8 cm³/mol. The molecule has 0 aliphatic rings. The van der Waals surface area contributed by atoms with Gasteiger partial charge in [0.15, 0.2) is 0 Å². The van der Waals surface area contributed by atoms with Crippen LogP contribution in [0.4, 0.5) is 0 Å². The summed E-state index contributed by atoms with van der Waals surface area (Å²) in [5.74, 6) is -0.855. The van der Waals surface area contributed by atoms with Gasteiger partial charge in [-0.05, 0) is 22.0 Å². The lowest BCUT2D eigenvalue weighted by atomic mass is 10.3. The fraction of sp³-hybridized carbons (Fsp3) is 0.143. The molecular formula is C7H7BrN2O4. The van der Waals surface area contributed by atoms with E-state index in [2.05, 4.69) is 20.9 Å². The Morgan fingerprint density at radius 3 is 2.57 bits per heavy atom. The van der Waals surface area contributed by atoms with Gasteiger partial charge < -0.3 is 15.3 Å². The van der Waals surface area contributed by atoms with E-state index in [1.54, 1.807) is 0 Å². The molecule has 0 aromatic carbocycles. The number of carbonyl (C=O) groups excluding carboxylic acids is 1. The summed E-state index contributed by atoms with van der Waals surface area (Å²) in [7, 11) is 0. The zero-order chi connectivity index (χ0) is 10.8. The minimum Gasteiger partial charge on any atom is -0.325 e. The number of nitrogens with one attached hydrogen (secondary N) is 1. The number of hydrogen-bond acceptors (Lipinski definition) is 5. The summed E-state index contributed by atoms with van der Waals surface area (Å²) >= 11 is 3.08. The molecule has 1 amide bonds. The molecule has 1 heterocycles. The molecule has 7 heteroatoms. The fourth-order valence-electron chi connectivity index (χ4n) is 0.761. The van der Waals surface area contributed by atoms with Crippen LogP contribution in [0.2, 0.25) is 0 Å². The van der Waals surface area contributed by atoms with Gasteiger partial charge in [0.2, 0.25) is 0 Å². The largest absolute Gasteiger partial charge is 0.369 e. The number of carbonyl (C=O) groups is 1. The molecule has 6 nitrogen and oxygen atoms in total. The van der Waals surface area contributed by atoms with Crippen molar-refractivity contribution in [3.63, 3.8) is 0 Å². The number of nitrogens with zero attached hydrogens (tertiary/aromatic N) is 1. The van der Waals surface area contributed by atoms with Gasteiger partial charge in [-0.1, -0.05) is 0 Å². The lowest BCUT2D eigenvalue weighted by molar-refractivity contribution is -0.323. The third kappa shape index (κ3) is 3.38. The van der Waals surface area contributed by atoms with Crippen molar-refractivity contribution in [1.82, 2.24) is 10.3 Å². The van der Waals surface area contributed by atoms with Gasteiger partial charge in [0.25, 0.3) is 5.91 Å². The van der Waals surface area contributed by atoms with E-state index in [9.17, 15) is 4.79 Å².